The standard InChI is InChI=1S/C16H17N5O2/c1-11(2)21-15(7-13(20-21)14-4-3-5-23-14)19-16(22)6-12-8-17-10-18-9-12/h3-5,7-11H,6H2,1-2H3,(H,19,22). The Morgan fingerprint density at radius 3 is 2.78 bits per heavy atom. The molecule has 3 rings (SSSR count). The van der Waals surface area contributed by atoms with Gasteiger partial charge in [0, 0.05) is 24.5 Å². The van der Waals surface area contributed by atoms with Crippen LogP contribution in [0.1, 0.15) is 25.5 Å². The number of rotatable bonds is 5. The highest BCUT2D eigenvalue weighted by atomic mass is 16.3. The van der Waals surface area contributed by atoms with Crippen molar-refractivity contribution in [2.75, 3.05) is 5.32 Å². The first kappa shape index (κ1) is 15.0. The lowest BCUT2D eigenvalue weighted by molar-refractivity contribution is -0.115. The van der Waals surface area contributed by atoms with Crippen LogP contribution in [-0.2, 0) is 11.2 Å². The number of carbonyl (C=O) groups excluding carboxylic acids is 1. The Morgan fingerprint density at radius 2 is 2.13 bits per heavy atom. The van der Waals surface area contributed by atoms with Crippen molar-refractivity contribution in [3.05, 3.63) is 48.7 Å². The highest BCUT2D eigenvalue weighted by Gasteiger charge is 2.15. The lowest BCUT2D eigenvalue weighted by atomic mass is 10.2. The van der Waals surface area contributed by atoms with Gasteiger partial charge < -0.3 is 9.73 Å². The van der Waals surface area contributed by atoms with E-state index in [1.54, 1.807) is 35.5 Å². The van der Waals surface area contributed by atoms with Crippen LogP contribution < -0.4 is 5.32 Å². The van der Waals surface area contributed by atoms with Gasteiger partial charge in [-0.05, 0) is 31.5 Å². The molecule has 1 amide bonds. The third-order valence-corrected chi connectivity index (χ3v) is 3.24. The quantitative estimate of drug-likeness (QED) is 0.783. The molecule has 7 heteroatoms. The Labute approximate surface area is 133 Å². The molecular weight excluding hydrogens is 294 g/mol. The Morgan fingerprint density at radius 1 is 1.35 bits per heavy atom. The zero-order valence-electron chi connectivity index (χ0n) is 12.9. The molecule has 0 aliphatic heterocycles. The summed E-state index contributed by atoms with van der Waals surface area (Å²) >= 11 is 0. The average Bonchev–Trinajstić information content (AvgIpc) is 3.17. The number of aromatic nitrogens is 4. The monoisotopic (exact) mass is 311 g/mol. The Bertz CT molecular complexity index is 778. The summed E-state index contributed by atoms with van der Waals surface area (Å²) < 4.78 is 7.12. The number of amides is 1. The van der Waals surface area contributed by atoms with Crippen molar-refractivity contribution < 1.29 is 9.21 Å². The molecule has 3 aromatic heterocycles. The molecule has 3 heterocycles. The molecule has 3 aromatic rings. The highest BCUT2D eigenvalue weighted by molar-refractivity contribution is 5.91. The summed E-state index contributed by atoms with van der Waals surface area (Å²) in [5.74, 6) is 1.15. The van der Waals surface area contributed by atoms with Gasteiger partial charge in [0.05, 0.1) is 12.7 Å². The number of hydrogen-bond acceptors (Lipinski definition) is 5. The van der Waals surface area contributed by atoms with E-state index in [2.05, 4.69) is 20.4 Å². The van der Waals surface area contributed by atoms with E-state index in [0.29, 0.717) is 17.3 Å². The van der Waals surface area contributed by atoms with Gasteiger partial charge in [0.2, 0.25) is 5.91 Å². The summed E-state index contributed by atoms with van der Waals surface area (Å²) in [4.78, 5) is 20.0. The molecule has 0 radical (unpaired) electrons. The summed E-state index contributed by atoms with van der Waals surface area (Å²) in [5.41, 5.74) is 1.44. The molecule has 0 spiro atoms. The molecule has 0 fully saturated rings. The van der Waals surface area contributed by atoms with Gasteiger partial charge >= 0.3 is 0 Å². The predicted octanol–water partition coefficient (Wildman–Crippen LogP) is 2.70. The second-order valence-corrected chi connectivity index (χ2v) is 5.40. The van der Waals surface area contributed by atoms with Crippen molar-refractivity contribution in [1.29, 1.82) is 0 Å². The normalized spacial score (nSPS) is 10.9. The van der Waals surface area contributed by atoms with Crippen LogP contribution in [0.3, 0.4) is 0 Å². The molecule has 0 saturated heterocycles. The first-order chi connectivity index (χ1) is 11.1. The van der Waals surface area contributed by atoms with E-state index < -0.39 is 0 Å². The summed E-state index contributed by atoms with van der Waals surface area (Å²) in [7, 11) is 0. The summed E-state index contributed by atoms with van der Waals surface area (Å²) in [5, 5.41) is 7.38. The van der Waals surface area contributed by atoms with E-state index in [1.807, 2.05) is 19.9 Å². The molecule has 0 aromatic carbocycles. The molecule has 23 heavy (non-hydrogen) atoms. The van der Waals surface area contributed by atoms with E-state index in [0.717, 1.165) is 5.56 Å². The van der Waals surface area contributed by atoms with E-state index in [9.17, 15) is 4.79 Å². The van der Waals surface area contributed by atoms with Gasteiger partial charge in [-0.3, -0.25) is 4.79 Å². The fourth-order valence-corrected chi connectivity index (χ4v) is 2.22. The minimum atomic E-state index is -0.146. The van der Waals surface area contributed by atoms with E-state index >= 15 is 0 Å². The number of carbonyl (C=O) groups is 1. The first-order valence-corrected chi connectivity index (χ1v) is 7.30. The summed E-state index contributed by atoms with van der Waals surface area (Å²) in [6.07, 6.45) is 6.49. The van der Waals surface area contributed by atoms with Gasteiger partial charge in [0.1, 0.15) is 17.8 Å². The maximum atomic E-state index is 12.2. The lowest BCUT2D eigenvalue weighted by Gasteiger charge is -2.11. The zero-order chi connectivity index (χ0) is 16.2. The average molecular weight is 311 g/mol. The third-order valence-electron chi connectivity index (χ3n) is 3.24. The zero-order valence-corrected chi connectivity index (χ0v) is 12.9. The van der Waals surface area contributed by atoms with E-state index in [1.165, 1.54) is 6.33 Å². The summed E-state index contributed by atoms with van der Waals surface area (Å²) in [6.45, 7) is 4.00. The van der Waals surface area contributed by atoms with Crippen molar-refractivity contribution >= 4 is 11.7 Å². The van der Waals surface area contributed by atoms with Gasteiger partial charge in [0.25, 0.3) is 0 Å². The van der Waals surface area contributed by atoms with Crippen LogP contribution >= 0.6 is 0 Å². The SMILES string of the molecule is CC(C)n1nc(-c2ccco2)cc1NC(=O)Cc1cncnc1. The second kappa shape index (κ2) is 6.43. The van der Waals surface area contributed by atoms with Crippen LogP contribution in [0.5, 0.6) is 0 Å². The molecule has 0 aliphatic rings. The van der Waals surface area contributed by atoms with Gasteiger partial charge in [-0.25, -0.2) is 14.6 Å². The van der Waals surface area contributed by atoms with Gasteiger partial charge in [-0.1, -0.05) is 0 Å². The van der Waals surface area contributed by atoms with Gasteiger partial charge in [0.15, 0.2) is 5.76 Å². The maximum Gasteiger partial charge on any atom is 0.230 e. The number of nitrogens with one attached hydrogen (secondary N) is 1. The number of nitrogens with zero attached hydrogens (tertiary/aromatic N) is 4. The van der Waals surface area contributed by atoms with Crippen LogP contribution in [0.4, 0.5) is 5.82 Å². The number of furan rings is 1. The molecule has 1 N–H and O–H groups in total. The molecule has 0 saturated carbocycles. The predicted molar refractivity (Wildman–Crippen MR) is 84.7 cm³/mol. The Hall–Kier alpha value is -2.96. The molecule has 118 valence electrons. The lowest BCUT2D eigenvalue weighted by Crippen LogP contribution is -2.18. The number of hydrogen-bond donors (Lipinski definition) is 1. The molecule has 7 nitrogen and oxygen atoms in total. The van der Waals surface area contributed by atoms with E-state index in [-0.39, 0.29) is 18.4 Å². The van der Waals surface area contributed by atoms with Crippen molar-refractivity contribution in [3.8, 4) is 11.5 Å². The molecular formula is C16H17N5O2. The minimum Gasteiger partial charge on any atom is -0.463 e. The van der Waals surface area contributed by atoms with Crippen LogP contribution in [0, 0.1) is 0 Å². The summed E-state index contributed by atoms with van der Waals surface area (Å²) in [6, 6.07) is 5.55. The first-order valence-electron chi connectivity index (χ1n) is 7.30. The van der Waals surface area contributed by atoms with Crippen LogP contribution in [0.15, 0.2) is 47.6 Å². The van der Waals surface area contributed by atoms with Gasteiger partial charge in [-0.2, -0.15) is 5.10 Å². The molecule has 0 unspecified atom stereocenters. The molecule has 0 bridgehead atoms. The van der Waals surface area contributed by atoms with Crippen LogP contribution in [-0.4, -0.2) is 25.7 Å². The highest BCUT2D eigenvalue weighted by Crippen LogP contribution is 2.24. The van der Waals surface area contributed by atoms with Crippen LogP contribution in [0.25, 0.3) is 11.5 Å². The number of anilines is 1. The maximum absolute atomic E-state index is 12.2. The third kappa shape index (κ3) is 3.45. The fourth-order valence-electron chi connectivity index (χ4n) is 2.22. The van der Waals surface area contributed by atoms with Crippen molar-refractivity contribution in [1.82, 2.24) is 19.7 Å². The molecule has 0 atom stereocenters. The molecule has 0 aliphatic carbocycles. The fraction of sp³-hybridized carbons (Fsp3) is 0.250. The smallest absolute Gasteiger partial charge is 0.230 e. The topological polar surface area (TPSA) is 85.8 Å². The van der Waals surface area contributed by atoms with Crippen molar-refractivity contribution in [3.63, 3.8) is 0 Å². The van der Waals surface area contributed by atoms with E-state index in [4.69, 9.17) is 4.42 Å². The Balaban J connectivity index is 1.80. The van der Waals surface area contributed by atoms with Crippen molar-refractivity contribution in [2.45, 2.75) is 26.3 Å². The van der Waals surface area contributed by atoms with Crippen LogP contribution in [0.2, 0.25) is 0 Å². The second-order valence-electron chi connectivity index (χ2n) is 5.40. The minimum absolute atomic E-state index is 0.106. The Kier molecular flexibility index (Phi) is 4.18. The largest absolute Gasteiger partial charge is 0.463 e. The van der Waals surface area contributed by atoms with Crippen molar-refractivity contribution in [2.24, 2.45) is 0 Å². The van der Waals surface area contributed by atoms with Gasteiger partial charge in [-0.15, -0.1) is 0 Å².